The summed E-state index contributed by atoms with van der Waals surface area (Å²) >= 11 is 6.32. The zero-order chi connectivity index (χ0) is 22.7. The molecule has 1 fully saturated rings. The van der Waals surface area contributed by atoms with Gasteiger partial charge in [0.15, 0.2) is 5.82 Å². The molecule has 0 atom stereocenters. The van der Waals surface area contributed by atoms with Crippen molar-refractivity contribution < 1.29 is 17.9 Å². The van der Waals surface area contributed by atoms with Crippen LogP contribution in [0.15, 0.2) is 59.7 Å². The first-order chi connectivity index (χ1) is 15.3. The highest BCUT2D eigenvalue weighted by Gasteiger charge is 2.31. The topological polar surface area (TPSA) is 60.3 Å². The number of benzene rings is 1. The Bertz CT molecular complexity index is 1110. The molecule has 1 aromatic carbocycles. The lowest BCUT2D eigenvalue weighted by molar-refractivity contribution is -0.137. The molecule has 0 bridgehead atoms. The number of anilines is 1. The third-order valence-corrected chi connectivity index (χ3v) is 5.73. The molecular formula is C22H20ClF3N4O2. The first-order valence-corrected chi connectivity index (χ1v) is 10.4. The number of nitrogens with zero attached hydrogens (tertiary/aromatic N) is 4. The largest absolute Gasteiger partial charge is 0.493 e. The molecule has 6 nitrogen and oxygen atoms in total. The van der Waals surface area contributed by atoms with Crippen LogP contribution in [0.2, 0.25) is 5.02 Å². The van der Waals surface area contributed by atoms with Crippen LogP contribution >= 0.6 is 11.6 Å². The van der Waals surface area contributed by atoms with Crippen LogP contribution in [0.3, 0.4) is 0 Å². The van der Waals surface area contributed by atoms with Gasteiger partial charge in [0, 0.05) is 19.3 Å². The summed E-state index contributed by atoms with van der Waals surface area (Å²) in [6.07, 6.45) is -0.666. The number of pyridine rings is 1. The molecule has 0 amide bonds. The van der Waals surface area contributed by atoms with Gasteiger partial charge in [-0.25, -0.2) is 4.98 Å². The zero-order valence-corrected chi connectivity index (χ0v) is 17.7. The molecule has 2 aromatic heterocycles. The van der Waals surface area contributed by atoms with Crippen LogP contribution in [0, 0.1) is 5.92 Å². The minimum Gasteiger partial charge on any atom is -0.493 e. The van der Waals surface area contributed by atoms with Crippen LogP contribution in [0.25, 0.3) is 5.82 Å². The van der Waals surface area contributed by atoms with E-state index in [0.29, 0.717) is 37.5 Å². The molecule has 0 aliphatic carbocycles. The summed E-state index contributed by atoms with van der Waals surface area (Å²) in [6, 6.07) is 11.6. The average Bonchev–Trinajstić information content (AvgIpc) is 2.80. The molecule has 0 radical (unpaired) electrons. The number of alkyl halides is 3. The summed E-state index contributed by atoms with van der Waals surface area (Å²) in [5.41, 5.74) is -1.04. The lowest BCUT2D eigenvalue weighted by Gasteiger charge is -2.33. The number of aromatic nitrogens is 3. The van der Waals surface area contributed by atoms with E-state index < -0.39 is 17.3 Å². The van der Waals surface area contributed by atoms with E-state index in [0.717, 1.165) is 35.4 Å². The first kappa shape index (κ1) is 22.1. The summed E-state index contributed by atoms with van der Waals surface area (Å²) in [6.45, 7) is 1.99. The van der Waals surface area contributed by atoms with Crippen molar-refractivity contribution in [1.29, 1.82) is 0 Å². The summed E-state index contributed by atoms with van der Waals surface area (Å²) in [7, 11) is 0. The van der Waals surface area contributed by atoms with Gasteiger partial charge in [-0.05, 0) is 43.0 Å². The van der Waals surface area contributed by atoms with Gasteiger partial charge in [0.05, 0.1) is 24.1 Å². The quantitative estimate of drug-likeness (QED) is 0.552. The minimum absolute atomic E-state index is 0.0341. The molecular weight excluding hydrogens is 445 g/mol. The second-order valence-electron chi connectivity index (χ2n) is 7.52. The van der Waals surface area contributed by atoms with E-state index in [4.69, 9.17) is 16.3 Å². The summed E-state index contributed by atoms with van der Waals surface area (Å²) in [5.74, 6) is 1.19. The highest BCUT2D eigenvalue weighted by molar-refractivity contribution is 6.33. The lowest BCUT2D eigenvalue weighted by atomic mass is 9.97. The number of halogens is 4. The lowest BCUT2D eigenvalue weighted by Crippen LogP contribution is -2.37. The third kappa shape index (κ3) is 4.88. The molecule has 0 spiro atoms. The maximum atomic E-state index is 12.7. The van der Waals surface area contributed by atoms with E-state index in [1.54, 1.807) is 0 Å². The van der Waals surface area contributed by atoms with E-state index in [1.807, 2.05) is 35.2 Å². The Kier molecular flexibility index (Phi) is 6.36. The standard InChI is InChI=1S/C22H20ClF3N4O2/c23-20-18(29-10-8-15(9-11-29)14-32-17-4-2-1-3-5-17)13-28-30(21(20)31)19-7-6-16(12-27-19)22(24,25)26/h1-7,12-13,15H,8-11,14H2. The molecule has 3 heterocycles. The number of piperidine rings is 1. The van der Waals surface area contributed by atoms with Crippen LogP contribution < -0.4 is 15.2 Å². The molecule has 4 rings (SSSR count). The Hall–Kier alpha value is -3.07. The van der Waals surface area contributed by atoms with Crippen molar-refractivity contribution in [3.63, 3.8) is 0 Å². The van der Waals surface area contributed by atoms with Crippen LogP contribution in [0.4, 0.5) is 18.9 Å². The van der Waals surface area contributed by atoms with E-state index in [2.05, 4.69) is 10.1 Å². The molecule has 0 saturated carbocycles. The fourth-order valence-electron chi connectivity index (χ4n) is 3.56. The monoisotopic (exact) mass is 464 g/mol. The maximum absolute atomic E-state index is 12.7. The fourth-order valence-corrected chi connectivity index (χ4v) is 3.81. The molecule has 1 aliphatic heterocycles. The van der Waals surface area contributed by atoms with Crippen molar-refractivity contribution in [2.24, 2.45) is 5.92 Å². The normalized spacial score (nSPS) is 15.1. The zero-order valence-electron chi connectivity index (χ0n) is 16.9. The molecule has 0 N–H and O–H groups in total. The van der Waals surface area contributed by atoms with Crippen LogP contribution in [0.1, 0.15) is 18.4 Å². The van der Waals surface area contributed by atoms with E-state index in [1.165, 1.54) is 6.20 Å². The SMILES string of the molecule is O=c1c(Cl)c(N2CCC(COc3ccccc3)CC2)cnn1-c1ccc(C(F)(F)F)cn1. The number of ether oxygens (including phenoxy) is 1. The number of rotatable bonds is 5. The second-order valence-corrected chi connectivity index (χ2v) is 7.90. The molecule has 1 aliphatic rings. The molecule has 0 unspecified atom stereocenters. The Labute approximate surface area is 187 Å². The number of hydrogen-bond donors (Lipinski definition) is 0. The first-order valence-electron chi connectivity index (χ1n) is 10.1. The van der Waals surface area contributed by atoms with Crippen LogP contribution in [-0.4, -0.2) is 34.5 Å². The molecule has 168 valence electrons. The highest BCUT2D eigenvalue weighted by Crippen LogP contribution is 2.29. The average molecular weight is 465 g/mol. The van der Waals surface area contributed by atoms with E-state index >= 15 is 0 Å². The van der Waals surface area contributed by atoms with Crippen molar-refractivity contribution in [3.8, 4) is 11.6 Å². The predicted octanol–water partition coefficient (Wildman–Crippen LogP) is 4.60. The van der Waals surface area contributed by atoms with Gasteiger partial charge in [-0.15, -0.1) is 0 Å². The Morgan fingerprint density at radius 2 is 1.78 bits per heavy atom. The summed E-state index contributed by atoms with van der Waals surface area (Å²) in [5, 5.41) is 4.04. The van der Waals surface area contributed by atoms with Crippen molar-refractivity contribution in [2.75, 3.05) is 24.6 Å². The van der Waals surface area contributed by atoms with Gasteiger partial charge < -0.3 is 9.64 Å². The van der Waals surface area contributed by atoms with Crippen molar-refractivity contribution in [3.05, 3.63) is 75.8 Å². The summed E-state index contributed by atoms with van der Waals surface area (Å²) in [4.78, 5) is 18.4. The van der Waals surface area contributed by atoms with Crippen LogP contribution in [-0.2, 0) is 6.18 Å². The number of para-hydroxylation sites is 1. The predicted molar refractivity (Wildman–Crippen MR) is 115 cm³/mol. The van der Waals surface area contributed by atoms with E-state index in [9.17, 15) is 18.0 Å². The molecule has 3 aromatic rings. The Balaban J connectivity index is 1.42. The number of hydrogen-bond acceptors (Lipinski definition) is 5. The maximum Gasteiger partial charge on any atom is 0.417 e. The molecule has 10 heteroatoms. The van der Waals surface area contributed by atoms with Gasteiger partial charge in [-0.1, -0.05) is 29.8 Å². The van der Waals surface area contributed by atoms with E-state index in [-0.39, 0.29) is 10.8 Å². The van der Waals surface area contributed by atoms with Gasteiger partial charge in [0.25, 0.3) is 5.56 Å². The van der Waals surface area contributed by atoms with Gasteiger partial charge in [-0.2, -0.15) is 23.0 Å². The van der Waals surface area contributed by atoms with Crippen molar-refractivity contribution in [1.82, 2.24) is 14.8 Å². The Morgan fingerprint density at radius 1 is 1.06 bits per heavy atom. The minimum atomic E-state index is -4.51. The second kappa shape index (κ2) is 9.20. The van der Waals surface area contributed by atoms with Gasteiger partial charge in [-0.3, -0.25) is 4.79 Å². The van der Waals surface area contributed by atoms with Gasteiger partial charge >= 0.3 is 6.18 Å². The van der Waals surface area contributed by atoms with Crippen LogP contribution in [0.5, 0.6) is 5.75 Å². The molecule has 32 heavy (non-hydrogen) atoms. The van der Waals surface area contributed by atoms with Crippen molar-refractivity contribution >= 4 is 17.3 Å². The third-order valence-electron chi connectivity index (χ3n) is 5.38. The summed E-state index contributed by atoms with van der Waals surface area (Å²) < 4.78 is 44.9. The molecule has 1 saturated heterocycles. The smallest absolute Gasteiger partial charge is 0.417 e. The Morgan fingerprint density at radius 3 is 2.41 bits per heavy atom. The highest BCUT2D eigenvalue weighted by atomic mass is 35.5. The van der Waals surface area contributed by atoms with Gasteiger partial charge in [0.1, 0.15) is 10.8 Å². The fraction of sp³-hybridized carbons (Fsp3) is 0.318. The van der Waals surface area contributed by atoms with Gasteiger partial charge in [0.2, 0.25) is 0 Å². The van der Waals surface area contributed by atoms with Crippen molar-refractivity contribution in [2.45, 2.75) is 19.0 Å².